The van der Waals surface area contributed by atoms with Gasteiger partial charge in [-0.15, -0.1) is 0 Å². The molecule has 0 radical (unpaired) electrons. The van der Waals surface area contributed by atoms with Gasteiger partial charge in [-0.25, -0.2) is 0 Å². The molecule has 1 heterocycles. The van der Waals surface area contributed by atoms with E-state index in [1.54, 1.807) is 0 Å². The Morgan fingerprint density at radius 2 is 1.90 bits per heavy atom. The maximum atomic E-state index is 12.9. The third-order valence-corrected chi connectivity index (χ3v) is 6.46. The summed E-state index contributed by atoms with van der Waals surface area (Å²) in [5.74, 6) is 2.45. The van der Waals surface area contributed by atoms with Crippen LogP contribution in [0, 0.1) is 23.2 Å². The second kappa shape index (κ2) is 4.30. The summed E-state index contributed by atoms with van der Waals surface area (Å²) in [5, 5.41) is 3.13. The smallest absolute Gasteiger partial charge is 0.236 e. The third-order valence-electron chi connectivity index (χ3n) is 6.46. The van der Waals surface area contributed by atoms with Crippen LogP contribution < -0.4 is 5.32 Å². The third kappa shape index (κ3) is 1.63. The number of carbonyl (C=O) groups excluding carboxylic acids is 2. The first kappa shape index (κ1) is 12.8. The molecule has 5 aliphatic rings. The highest BCUT2D eigenvalue weighted by Gasteiger charge is 2.60. The molecule has 110 valence electrons. The fourth-order valence-corrected chi connectivity index (χ4v) is 5.71. The summed E-state index contributed by atoms with van der Waals surface area (Å²) in [4.78, 5) is 27.1. The summed E-state index contributed by atoms with van der Waals surface area (Å²) >= 11 is 0. The van der Waals surface area contributed by atoms with Crippen molar-refractivity contribution in [3.63, 3.8) is 0 Å². The standard InChI is InChI=1S/C16H24N2O2/c1-10(18-3-2-17-9-14(18)19)16-7-11-4-12(8-16)6-13(5-11)15(16)20/h10-13,17H,2-9H2,1H3. The van der Waals surface area contributed by atoms with Crippen LogP contribution in [0.5, 0.6) is 0 Å². The molecule has 4 bridgehead atoms. The molecule has 3 unspecified atom stereocenters. The average molecular weight is 276 g/mol. The molecule has 0 spiro atoms. The number of amides is 1. The highest BCUT2D eigenvalue weighted by atomic mass is 16.2. The Hall–Kier alpha value is -0.900. The quantitative estimate of drug-likeness (QED) is 0.824. The number of piperazine rings is 1. The Kier molecular flexibility index (Phi) is 2.75. The van der Waals surface area contributed by atoms with Crippen molar-refractivity contribution in [3.05, 3.63) is 0 Å². The van der Waals surface area contributed by atoms with Crippen molar-refractivity contribution in [3.8, 4) is 0 Å². The minimum atomic E-state index is -0.207. The highest BCUT2D eigenvalue weighted by molar-refractivity contribution is 5.91. The lowest BCUT2D eigenvalue weighted by molar-refractivity contribution is -0.164. The highest BCUT2D eigenvalue weighted by Crippen LogP contribution is 2.60. The maximum absolute atomic E-state index is 12.9. The van der Waals surface area contributed by atoms with Crippen molar-refractivity contribution in [2.75, 3.05) is 19.6 Å². The average Bonchev–Trinajstić information content (AvgIpc) is 2.43. The summed E-state index contributed by atoms with van der Waals surface area (Å²) in [6.45, 7) is 4.19. The van der Waals surface area contributed by atoms with Crippen molar-refractivity contribution in [1.82, 2.24) is 10.2 Å². The SMILES string of the molecule is CC(N1CCNCC1=O)C12CC3CC(CC(C3)C1=O)C2. The van der Waals surface area contributed by atoms with Gasteiger partial charge in [-0.2, -0.15) is 0 Å². The molecule has 1 aliphatic heterocycles. The molecule has 1 N–H and O–H groups in total. The summed E-state index contributed by atoms with van der Waals surface area (Å²) in [5.41, 5.74) is -0.207. The van der Waals surface area contributed by atoms with Gasteiger partial charge in [0.05, 0.1) is 6.54 Å². The van der Waals surface area contributed by atoms with E-state index in [0.29, 0.717) is 18.2 Å². The normalized spacial score (nSPS) is 45.0. The molecule has 5 fully saturated rings. The maximum Gasteiger partial charge on any atom is 0.236 e. The van der Waals surface area contributed by atoms with Crippen LogP contribution in [0.3, 0.4) is 0 Å². The van der Waals surface area contributed by atoms with Gasteiger partial charge in [0, 0.05) is 30.5 Å². The number of rotatable bonds is 2. The zero-order valence-corrected chi connectivity index (χ0v) is 12.2. The van der Waals surface area contributed by atoms with Gasteiger partial charge in [0.15, 0.2) is 0 Å². The molecule has 0 aromatic heterocycles. The number of Topliss-reactive ketones (excluding diaryl/α,β-unsaturated/α-hetero) is 1. The van der Waals surface area contributed by atoms with Crippen LogP contribution in [0.4, 0.5) is 0 Å². The molecular formula is C16H24N2O2. The topological polar surface area (TPSA) is 49.4 Å². The van der Waals surface area contributed by atoms with Crippen LogP contribution in [0.1, 0.15) is 39.0 Å². The first-order chi connectivity index (χ1) is 9.60. The molecule has 5 rings (SSSR count). The summed E-state index contributed by atoms with van der Waals surface area (Å²) in [6, 6.07) is 0.0954. The summed E-state index contributed by atoms with van der Waals surface area (Å²) < 4.78 is 0. The number of nitrogens with one attached hydrogen (secondary N) is 1. The van der Waals surface area contributed by atoms with Crippen LogP contribution >= 0.6 is 0 Å². The molecule has 1 amide bonds. The molecule has 4 nitrogen and oxygen atoms in total. The van der Waals surface area contributed by atoms with E-state index in [4.69, 9.17) is 0 Å². The van der Waals surface area contributed by atoms with Crippen LogP contribution in [0.25, 0.3) is 0 Å². The predicted molar refractivity (Wildman–Crippen MR) is 75.0 cm³/mol. The molecule has 0 aromatic carbocycles. The first-order valence-corrected chi connectivity index (χ1v) is 8.14. The Bertz CT molecular complexity index is 447. The van der Waals surface area contributed by atoms with E-state index in [0.717, 1.165) is 50.6 Å². The minimum absolute atomic E-state index is 0.0954. The number of hydrogen-bond donors (Lipinski definition) is 1. The van der Waals surface area contributed by atoms with Gasteiger partial charge in [0.2, 0.25) is 5.91 Å². The van der Waals surface area contributed by atoms with Crippen molar-refractivity contribution >= 4 is 11.7 Å². The van der Waals surface area contributed by atoms with Crippen molar-refractivity contribution in [2.45, 2.75) is 45.1 Å². The van der Waals surface area contributed by atoms with E-state index in [2.05, 4.69) is 12.2 Å². The summed E-state index contributed by atoms with van der Waals surface area (Å²) in [7, 11) is 0. The zero-order chi connectivity index (χ0) is 13.9. The van der Waals surface area contributed by atoms with Crippen molar-refractivity contribution in [2.24, 2.45) is 23.2 Å². The molecule has 4 aliphatic carbocycles. The van der Waals surface area contributed by atoms with E-state index >= 15 is 0 Å². The Balaban J connectivity index is 1.65. The molecule has 4 heteroatoms. The largest absolute Gasteiger partial charge is 0.337 e. The lowest BCUT2D eigenvalue weighted by Gasteiger charge is -2.59. The molecule has 0 aromatic rings. The Labute approximate surface area is 120 Å². The molecule has 3 atom stereocenters. The predicted octanol–water partition coefficient (Wildman–Crippen LogP) is 1.20. The Morgan fingerprint density at radius 1 is 1.20 bits per heavy atom. The van der Waals surface area contributed by atoms with Gasteiger partial charge in [-0.05, 0) is 50.9 Å². The van der Waals surface area contributed by atoms with Crippen molar-refractivity contribution in [1.29, 1.82) is 0 Å². The fraction of sp³-hybridized carbons (Fsp3) is 0.875. The van der Waals surface area contributed by atoms with Gasteiger partial charge >= 0.3 is 0 Å². The molecule has 1 saturated heterocycles. The van der Waals surface area contributed by atoms with E-state index in [1.165, 1.54) is 6.42 Å². The minimum Gasteiger partial charge on any atom is -0.337 e. The van der Waals surface area contributed by atoms with E-state index < -0.39 is 0 Å². The van der Waals surface area contributed by atoms with Gasteiger partial charge in [0.25, 0.3) is 0 Å². The first-order valence-electron chi connectivity index (χ1n) is 8.14. The monoisotopic (exact) mass is 276 g/mol. The van der Waals surface area contributed by atoms with Crippen molar-refractivity contribution < 1.29 is 9.59 Å². The lowest BCUT2D eigenvalue weighted by Crippen LogP contribution is -2.64. The Morgan fingerprint density at radius 3 is 2.55 bits per heavy atom. The van der Waals surface area contributed by atoms with Crippen LogP contribution in [0.2, 0.25) is 0 Å². The number of nitrogens with zero attached hydrogens (tertiary/aromatic N) is 1. The van der Waals surface area contributed by atoms with E-state index in [-0.39, 0.29) is 17.4 Å². The molecule has 4 saturated carbocycles. The molecule has 20 heavy (non-hydrogen) atoms. The van der Waals surface area contributed by atoms with E-state index in [9.17, 15) is 9.59 Å². The number of hydrogen-bond acceptors (Lipinski definition) is 3. The second-order valence-corrected chi connectivity index (χ2v) is 7.50. The van der Waals surface area contributed by atoms with Gasteiger partial charge < -0.3 is 10.2 Å². The zero-order valence-electron chi connectivity index (χ0n) is 12.2. The van der Waals surface area contributed by atoms with E-state index in [1.807, 2.05) is 4.90 Å². The number of ketones is 1. The lowest BCUT2D eigenvalue weighted by atomic mass is 9.47. The molecular weight excluding hydrogens is 252 g/mol. The van der Waals surface area contributed by atoms with Gasteiger partial charge in [0.1, 0.15) is 5.78 Å². The van der Waals surface area contributed by atoms with Gasteiger partial charge in [-0.3, -0.25) is 9.59 Å². The second-order valence-electron chi connectivity index (χ2n) is 7.50. The van der Waals surface area contributed by atoms with Crippen LogP contribution in [0.15, 0.2) is 0 Å². The van der Waals surface area contributed by atoms with Crippen LogP contribution in [-0.4, -0.2) is 42.3 Å². The fourth-order valence-electron chi connectivity index (χ4n) is 5.71. The van der Waals surface area contributed by atoms with Crippen LogP contribution in [-0.2, 0) is 9.59 Å². The van der Waals surface area contributed by atoms with Gasteiger partial charge in [-0.1, -0.05) is 0 Å². The summed E-state index contributed by atoms with van der Waals surface area (Å²) in [6.07, 6.45) is 5.65. The number of carbonyl (C=O) groups is 2.